The van der Waals surface area contributed by atoms with Gasteiger partial charge < -0.3 is 10.2 Å². The van der Waals surface area contributed by atoms with Gasteiger partial charge in [-0.1, -0.05) is 6.07 Å². The summed E-state index contributed by atoms with van der Waals surface area (Å²) in [7, 11) is -3.70. The van der Waals surface area contributed by atoms with Gasteiger partial charge in [-0.3, -0.25) is 9.52 Å². The molecule has 7 heteroatoms. The van der Waals surface area contributed by atoms with Gasteiger partial charge in [0.05, 0.1) is 4.90 Å². The lowest BCUT2D eigenvalue weighted by Crippen LogP contribution is -2.46. The lowest BCUT2D eigenvalue weighted by Gasteiger charge is -2.27. The number of hydrogen-bond donors (Lipinski definition) is 2. The van der Waals surface area contributed by atoms with E-state index in [0.717, 1.165) is 24.2 Å². The van der Waals surface area contributed by atoms with Crippen molar-refractivity contribution in [3.05, 3.63) is 59.2 Å². The van der Waals surface area contributed by atoms with Crippen LogP contribution < -0.4 is 10.0 Å². The zero-order chi connectivity index (χ0) is 18.7. The summed E-state index contributed by atoms with van der Waals surface area (Å²) in [6, 6.07) is 11.5. The molecule has 0 spiro atoms. The molecule has 1 amide bonds. The molecule has 0 aromatic heterocycles. The van der Waals surface area contributed by atoms with Crippen LogP contribution in [-0.4, -0.2) is 45.4 Å². The fourth-order valence-electron chi connectivity index (χ4n) is 2.85. The van der Waals surface area contributed by atoms with Gasteiger partial charge in [0.25, 0.3) is 15.9 Å². The van der Waals surface area contributed by atoms with Crippen LogP contribution in [-0.2, 0) is 10.0 Å². The number of benzene rings is 2. The lowest BCUT2D eigenvalue weighted by atomic mass is 10.1. The van der Waals surface area contributed by atoms with Crippen molar-refractivity contribution in [2.24, 2.45) is 0 Å². The summed E-state index contributed by atoms with van der Waals surface area (Å²) >= 11 is 0. The predicted molar refractivity (Wildman–Crippen MR) is 102 cm³/mol. The maximum absolute atomic E-state index is 12.6. The van der Waals surface area contributed by atoms with E-state index >= 15 is 0 Å². The first-order chi connectivity index (χ1) is 12.4. The van der Waals surface area contributed by atoms with Gasteiger partial charge in [0.1, 0.15) is 0 Å². The molecule has 3 rings (SSSR count). The van der Waals surface area contributed by atoms with Crippen molar-refractivity contribution in [2.45, 2.75) is 18.7 Å². The summed E-state index contributed by atoms with van der Waals surface area (Å²) in [6.45, 7) is 6.78. The van der Waals surface area contributed by atoms with Crippen LogP contribution in [0.25, 0.3) is 0 Å². The Hall–Kier alpha value is -2.38. The van der Waals surface area contributed by atoms with Crippen molar-refractivity contribution in [2.75, 3.05) is 30.9 Å². The highest BCUT2D eigenvalue weighted by molar-refractivity contribution is 7.92. The zero-order valence-corrected chi connectivity index (χ0v) is 15.8. The van der Waals surface area contributed by atoms with E-state index in [1.807, 2.05) is 19.9 Å². The summed E-state index contributed by atoms with van der Waals surface area (Å²) in [5.41, 5.74) is 3.14. The number of sulfonamides is 1. The third kappa shape index (κ3) is 4.05. The number of nitrogens with one attached hydrogen (secondary N) is 2. The number of rotatable bonds is 4. The fourth-order valence-corrected chi connectivity index (χ4v) is 3.90. The van der Waals surface area contributed by atoms with Crippen LogP contribution in [0.5, 0.6) is 0 Å². The minimum Gasteiger partial charge on any atom is -0.336 e. The molecule has 0 saturated carbocycles. The predicted octanol–water partition coefficient (Wildman–Crippen LogP) is 2.15. The zero-order valence-electron chi connectivity index (χ0n) is 15.0. The number of piperazine rings is 1. The Morgan fingerprint density at radius 3 is 2.27 bits per heavy atom. The Balaban J connectivity index is 1.76. The van der Waals surface area contributed by atoms with E-state index in [0.29, 0.717) is 24.3 Å². The second-order valence-electron chi connectivity index (χ2n) is 6.47. The number of amides is 1. The van der Waals surface area contributed by atoms with Crippen molar-refractivity contribution in [3.8, 4) is 0 Å². The number of carbonyl (C=O) groups excluding carboxylic acids is 1. The maximum atomic E-state index is 12.6. The van der Waals surface area contributed by atoms with Crippen molar-refractivity contribution in [1.82, 2.24) is 10.2 Å². The molecule has 1 heterocycles. The molecule has 1 saturated heterocycles. The minimum atomic E-state index is -3.70. The number of anilines is 1. The first kappa shape index (κ1) is 18.4. The molecule has 1 aliphatic heterocycles. The normalized spacial score (nSPS) is 14.9. The molecule has 2 aromatic rings. The molecule has 0 radical (unpaired) electrons. The molecule has 0 atom stereocenters. The van der Waals surface area contributed by atoms with E-state index in [-0.39, 0.29) is 10.8 Å². The number of nitrogens with zero attached hydrogens (tertiary/aromatic N) is 1. The molecule has 1 aliphatic rings. The summed E-state index contributed by atoms with van der Waals surface area (Å²) in [5.74, 6) is -0.0717. The molecule has 6 nitrogen and oxygen atoms in total. The first-order valence-corrected chi connectivity index (χ1v) is 10.1. The standard InChI is InChI=1S/C19H23N3O3S/c1-14-3-6-17(13-15(14)2)21-26(24,25)18-7-4-16(5-8-18)19(23)22-11-9-20-10-12-22/h3-8,13,20-21H,9-12H2,1-2H3. The van der Waals surface area contributed by atoms with Gasteiger partial charge in [-0.2, -0.15) is 0 Å². The maximum Gasteiger partial charge on any atom is 0.261 e. The molecule has 138 valence electrons. The number of hydrogen-bond acceptors (Lipinski definition) is 4. The lowest BCUT2D eigenvalue weighted by molar-refractivity contribution is 0.0735. The molecule has 26 heavy (non-hydrogen) atoms. The second kappa shape index (κ2) is 7.47. The largest absolute Gasteiger partial charge is 0.336 e. The summed E-state index contributed by atoms with van der Waals surface area (Å²) in [5, 5.41) is 3.20. The first-order valence-electron chi connectivity index (χ1n) is 8.57. The Morgan fingerprint density at radius 1 is 1.00 bits per heavy atom. The average molecular weight is 373 g/mol. The van der Waals surface area contributed by atoms with Crippen LogP contribution in [0.15, 0.2) is 47.4 Å². The Bertz CT molecular complexity index is 902. The van der Waals surface area contributed by atoms with Gasteiger partial charge in [-0.05, 0) is 61.4 Å². The Morgan fingerprint density at radius 2 is 1.65 bits per heavy atom. The van der Waals surface area contributed by atoms with Gasteiger partial charge in [-0.15, -0.1) is 0 Å². The third-order valence-electron chi connectivity index (χ3n) is 4.57. The SMILES string of the molecule is Cc1ccc(NS(=O)(=O)c2ccc(C(=O)N3CCNCC3)cc2)cc1C. The van der Waals surface area contributed by atoms with Crippen LogP contribution >= 0.6 is 0 Å². The Kier molecular flexibility index (Phi) is 5.29. The van der Waals surface area contributed by atoms with E-state index in [9.17, 15) is 13.2 Å². The van der Waals surface area contributed by atoms with Gasteiger partial charge in [0, 0.05) is 37.4 Å². The third-order valence-corrected chi connectivity index (χ3v) is 5.97. The summed E-state index contributed by atoms with van der Waals surface area (Å²) in [4.78, 5) is 14.4. The van der Waals surface area contributed by atoms with Crippen LogP contribution in [0.3, 0.4) is 0 Å². The average Bonchev–Trinajstić information content (AvgIpc) is 2.65. The highest BCUT2D eigenvalue weighted by Gasteiger charge is 2.19. The number of carbonyl (C=O) groups is 1. The van der Waals surface area contributed by atoms with Gasteiger partial charge in [-0.25, -0.2) is 8.42 Å². The van der Waals surface area contributed by atoms with Crippen LogP contribution in [0.2, 0.25) is 0 Å². The van der Waals surface area contributed by atoms with E-state index in [1.54, 1.807) is 29.2 Å². The molecule has 2 N–H and O–H groups in total. The quantitative estimate of drug-likeness (QED) is 0.861. The molecular formula is C19H23N3O3S. The highest BCUT2D eigenvalue weighted by atomic mass is 32.2. The molecule has 2 aromatic carbocycles. The molecule has 0 aliphatic carbocycles. The Labute approximate surface area is 154 Å². The van der Waals surface area contributed by atoms with Crippen molar-refractivity contribution < 1.29 is 13.2 Å². The second-order valence-corrected chi connectivity index (χ2v) is 8.15. The molecule has 0 unspecified atom stereocenters. The van der Waals surface area contributed by atoms with E-state index in [1.165, 1.54) is 12.1 Å². The van der Waals surface area contributed by atoms with E-state index < -0.39 is 10.0 Å². The van der Waals surface area contributed by atoms with Gasteiger partial charge >= 0.3 is 0 Å². The van der Waals surface area contributed by atoms with Crippen molar-refractivity contribution >= 4 is 21.6 Å². The molecule has 0 bridgehead atoms. The fraction of sp³-hybridized carbons (Fsp3) is 0.316. The van der Waals surface area contributed by atoms with Crippen molar-refractivity contribution in [1.29, 1.82) is 0 Å². The highest BCUT2D eigenvalue weighted by Crippen LogP contribution is 2.20. The smallest absolute Gasteiger partial charge is 0.261 e. The van der Waals surface area contributed by atoms with Crippen molar-refractivity contribution in [3.63, 3.8) is 0 Å². The van der Waals surface area contributed by atoms with Crippen LogP contribution in [0, 0.1) is 13.8 Å². The summed E-state index contributed by atoms with van der Waals surface area (Å²) in [6.07, 6.45) is 0. The van der Waals surface area contributed by atoms with Gasteiger partial charge in [0.15, 0.2) is 0 Å². The molecule has 1 fully saturated rings. The van der Waals surface area contributed by atoms with Crippen LogP contribution in [0.1, 0.15) is 21.5 Å². The minimum absolute atomic E-state index is 0.0717. The topological polar surface area (TPSA) is 78.5 Å². The molecular weight excluding hydrogens is 350 g/mol. The van der Waals surface area contributed by atoms with Gasteiger partial charge in [0.2, 0.25) is 0 Å². The van der Waals surface area contributed by atoms with Crippen LogP contribution in [0.4, 0.5) is 5.69 Å². The number of aryl methyl sites for hydroxylation is 2. The summed E-state index contributed by atoms with van der Waals surface area (Å²) < 4.78 is 27.7. The van der Waals surface area contributed by atoms with E-state index in [4.69, 9.17) is 0 Å². The monoisotopic (exact) mass is 373 g/mol. The van der Waals surface area contributed by atoms with E-state index in [2.05, 4.69) is 10.0 Å².